The molecule has 2 saturated heterocycles. The van der Waals surface area contributed by atoms with Crippen molar-refractivity contribution in [2.45, 2.75) is 45.2 Å². The Balaban J connectivity index is 1.54. The minimum Gasteiger partial charge on any atom is -0.493 e. The van der Waals surface area contributed by atoms with E-state index in [0.717, 1.165) is 31.1 Å². The summed E-state index contributed by atoms with van der Waals surface area (Å²) in [5.41, 5.74) is 0.957. The summed E-state index contributed by atoms with van der Waals surface area (Å²) in [6, 6.07) is 5.92. The molecule has 3 nitrogen and oxygen atoms in total. The molecule has 0 saturated carbocycles. The largest absolute Gasteiger partial charge is 0.493 e. The van der Waals surface area contributed by atoms with Crippen molar-refractivity contribution in [3.63, 3.8) is 0 Å². The molecule has 0 N–H and O–H groups in total. The number of para-hydroxylation sites is 1. The number of nitrogens with zero attached hydrogens (tertiary/aromatic N) is 2. The second kappa shape index (κ2) is 7.63. The molecule has 3 rings (SSSR count). The molecule has 0 bridgehead atoms. The fraction of sp³-hybridized carbons (Fsp3) is 0.684. The molecule has 4 heteroatoms. The number of hydrogen-bond acceptors (Lipinski definition) is 3. The predicted octanol–water partition coefficient (Wildman–Crippen LogP) is 3.53. The highest BCUT2D eigenvalue weighted by Crippen LogP contribution is 2.29. The summed E-state index contributed by atoms with van der Waals surface area (Å²) in [6.45, 7) is 7.95. The fourth-order valence-corrected chi connectivity index (χ4v) is 4.19. The van der Waals surface area contributed by atoms with Crippen LogP contribution in [0.25, 0.3) is 0 Å². The van der Waals surface area contributed by atoms with Gasteiger partial charge < -0.3 is 9.64 Å². The normalized spacial score (nSPS) is 22.4. The number of benzene rings is 1. The van der Waals surface area contributed by atoms with Gasteiger partial charge in [-0.05, 0) is 70.8 Å². The van der Waals surface area contributed by atoms with Gasteiger partial charge in [-0.2, -0.15) is 0 Å². The highest BCUT2D eigenvalue weighted by molar-refractivity contribution is 5.34. The third-order valence-electron chi connectivity index (χ3n) is 5.68. The third kappa shape index (κ3) is 3.86. The number of rotatable bonds is 5. The van der Waals surface area contributed by atoms with Crippen LogP contribution >= 0.6 is 0 Å². The van der Waals surface area contributed by atoms with E-state index < -0.39 is 0 Å². The van der Waals surface area contributed by atoms with Crippen molar-refractivity contribution in [1.29, 1.82) is 0 Å². The molecule has 0 spiro atoms. The zero-order valence-corrected chi connectivity index (χ0v) is 14.4. The molecule has 23 heavy (non-hydrogen) atoms. The van der Waals surface area contributed by atoms with Crippen LogP contribution in [0.4, 0.5) is 4.39 Å². The Hall–Kier alpha value is -1.13. The lowest BCUT2D eigenvalue weighted by molar-refractivity contribution is 0.107. The van der Waals surface area contributed by atoms with Gasteiger partial charge in [0.2, 0.25) is 0 Å². The van der Waals surface area contributed by atoms with Crippen LogP contribution < -0.4 is 4.74 Å². The van der Waals surface area contributed by atoms with Gasteiger partial charge in [-0.1, -0.05) is 12.1 Å². The van der Waals surface area contributed by atoms with E-state index >= 15 is 0 Å². The Bertz CT molecular complexity index is 508. The summed E-state index contributed by atoms with van der Waals surface area (Å²) in [7, 11) is 1.55. The Kier molecular flexibility index (Phi) is 5.54. The van der Waals surface area contributed by atoms with Gasteiger partial charge >= 0.3 is 0 Å². The van der Waals surface area contributed by atoms with Gasteiger partial charge in [0.05, 0.1) is 7.11 Å². The quantitative estimate of drug-likeness (QED) is 0.825. The Labute approximate surface area is 139 Å². The van der Waals surface area contributed by atoms with Crippen molar-refractivity contribution in [3.05, 3.63) is 29.6 Å². The first-order valence-electron chi connectivity index (χ1n) is 8.97. The van der Waals surface area contributed by atoms with E-state index in [1.165, 1.54) is 44.8 Å². The molecule has 0 aliphatic carbocycles. The van der Waals surface area contributed by atoms with Crippen LogP contribution in [-0.4, -0.2) is 49.1 Å². The first-order chi connectivity index (χ1) is 11.2. The SMILES string of the molecule is COc1c(F)cccc1CN1CCC([C@H](C)N2CCCC2)CC1. The van der Waals surface area contributed by atoms with Crippen LogP contribution in [0.3, 0.4) is 0 Å². The lowest BCUT2D eigenvalue weighted by Crippen LogP contribution is -2.42. The number of hydrogen-bond donors (Lipinski definition) is 0. The maximum absolute atomic E-state index is 13.8. The third-order valence-corrected chi connectivity index (χ3v) is 5.68. The lowest BCUT2D eigenvalue weighted by atomic mass is 9.89. The molecule has 1 atom stereocenters. The van der Waals surface area contributed by atoms with Crippen molar-refractivity contribution in [1.82, 2.24) is 9.80 Å². The van der Waals surface area contributed by atoms with Gasteiger partial charge in [-0.15, -0.1) is 0 Å². The van der Waals surface area contributed by atoms with E-state index in [4.69, 9.17) is 4.74 Å². The number of piperidine rings is 1. The molecule has 128 valence electrons. The van der Waals surface area contributed by atoms with Crippen molar-refractivity contribution in [3.8, 4) is 5.75 Å². The van der Waals surface area contributed by atoms with Gasteiger partial charge in [0.25, 0.3) is 0 Å². The standard InChI is InChI=1S/C19H29FN2O/c1-15(22-10-3-4-11-22)16-8-12-21(13-9-16)14-17-6-5-7-18(20)19(17)23-2/h5-7,15-16H,3-4,8-14H2,1-2H3/t15-/m0/s1. The molecule has 1 aromatic rings. The second-order valence-electron chi connectivity index (χ2n) is 7.03. The zero-order valence-electron chi connectivity index (χ0n) is 14.4. The van der Waals surface area contributed by atoms with Crippen molar-refractivity contribution >= 4 is 0 Å². The average molecular weight is 320 g/mol. The first kappa shape index (κ1) is 16.7. The van der Waals surface area contributed by atoms with Gasteiger partial charge in [0.15, 0.2) is 11.6 Å². The topological polar surface area (TPSA) is 15.7 Å². The highest BCUT2D eigenvalue weighted by atomic mass is 19.1. The maximum Gasteiger partial charge on any atom is 0.165 e. The summed E-state index contributed by atoms with van der Waals surface area (Å²) >= 11 is 0. The van der Waals surface area contributed by atoms with E-state index in [1.807, 2.05) is 6.07 Å². The summed E-state index contributed by atoms with van der Waals surface area (Å²) in [6.07, 6.45) is 5.22. The van der Waals surface area contributed by atoms with E-state index in [9.17, 15) is 4.39 Å². The monoisotopic (exact) mass is 320 g/mol. The number of halogens is 1. The summed E-state index contributed by atoms with van der Waals surface area (Å²) < 4.78 is 19.0. The van der Waals surface area contributed by atoms with E-state index in [0.29, 0.717) is 11.8 Å². The fourth-order valence-electron chi connectivity index (χ4n) is 4.19. The van der Waals surface area contributed by atoms with Crippen molar-refractivity contribution in [2.24, 2.45) is 5.92 Å². The minimum absolute atomic E-state index is 0.262. The number of likely N-dealkylation sites (tertiary alicyclic amines) is 2. The van der Waals surface area contributed by atoms with Crippen LogP contribution in [-0.2, 0) is 6.54 Å². The number of methoxy groups -OCH3 is 1. The Morgan fingerprint density at radius 3 is 2.52 bits per heavy atom. The van der Waals surface area contributed by atoms with E-state index in [1.54, 1.807) is 13.2 Å². The summed E-state index contributed by atoms with van der Waals surface area (Å²) in [4.78, 5) is 5.10. The predicted molar refractivity (Wildman–Crippen MR) is 91.2 cm³/mol. The van der Waals surface area contributed by atoms with Gasteiger partial charge in [-0.3, -0.25) is 4.90 Å². The molecular formula is C19H29FN2O. The van der Waals surface area contributed by atoms with Gasteiger partial charge in [0.1, 0.15) is 0 Å². The van der Waals surface area contributed by atoms with Gasteiger partial charge in [0, 0.05) is 18.2 Å². The summed E-state index contributed by atoms with van der Waals surface area (Å²) in [5, 5.41) is 0. The molecule has 2 fully saturated rings. The second-order valence-corrected chi connectivity index (χ2v) is 7.03. The van der Waals surface area contributed by atoms with Crippen molar-refractivity contribution < 1.29 is 9.13 Å². The van der Waals surface area contributed by atoms with Crippen LogP contribution in [0.1, 0.15) is 38.2 Å². The average Bonchev–Trinajstić information content (AvgIpc) is 3.10. The Morgan fingerprint density at radius 2 is 1.87 bits per heavy atom. The molecular weight excluding hydrogens is 291 g/mol. The molecule has 0 amide bonds. The van der Waals surface area contributed by atoms with Gasteiger partial charge in [-0.25, -0.2) is 4.39 Å². The molecule has 2 aliphatic rings. The van der Waals surface area contributed by atoms with E-state index in [-0.39, 0.29) is 5.82 Å². The lowest BCUT2D eigenvalue weighted by Gasteiger charge is -2.38. The highest BCUT2D eigenvalue weighted by Gasteiger charge is 2.29. The first-order valence-corrected chi connectivity index (χ1v) is 8.97. The molecule has 2 aliphatic heterocycles. The Morgan fingerprint density at radius 1 is 1.17 bits per heavy atom. The molecule has 0 radical (unpaired) electrons. The minimum atomic E-state index is -0.262. The molecule has 2 heterocycles. The van der Waals surface area contributed by atoms with E-state index in [2.05, 4.69) is 16.7 Å². The zero-order chi connectivity index (χ0) is 16.2. The van der Waals surface area contributed by atoms with Crippen LogP contribution in [0.15, 0.2) is 18.2 Å². The molecule has 1 aromatic carbocycles. The smallest absolute Gasteiger partial charge is 0.165 e. The summed E-state index contributed by atoms with van der Waals surface area (Å²) in [5.74, 6) is 0.946. The molecule has 0 unspecified atom stereocenters. The van der Waals surface area contributed by atoms with Crippen LogP contribution in [0, 0.1) is 11.7 Å². The maximum atomic E-state index is 13.8. The number of ether oxygens (including phenoxy) is 1. The molecule has 0 aromatic heterocycles. The van der Waals surface area contributed by atoms with Crippen LogP contribution in [0.5, 0.6) is 5.75 Å². The van der Waals surface area contributed by atoms with Crippen LogP contribution in [0.2, 0.25) is 0 Å². The van der Waals surface area contributed by atoms with Crippen molar-refractivity contribution in [2.75, 3.05) is 33.3 Å².